The monoisotopic (exact) mass is 299 g/mol. The van der Waals surface area contributed by atoms with E-state index in [2.05, 4.69) is 5.32 Å². The summed E-state index contributed by atoms with van der Waals surface area (Å²) in [5.74, 6) is -0.452. The van der Waals surface area contributed by atoms with Gasteiger partial charge in [0.05, 0.1) is 10.8 Å². The van der Waals surface area contributed by atoms with Crippen LogP contribution in [0.4, 0.5) is 5.69 Å². The van der Waals surface area contributed by atoms with E-state index in [0.717, 1.165) is 0 Å². The summed E-state index contributed by atoms with van der Waals surface area (Å²) in [5, 5.41) is 7.85. The van der Waals surface area contributed by atoms with Gasteiger partial charge in [-0.25, -0.2) is 13.6 Å². The van der Waals surface area contributed by atoms with E-state index in [9.17, 15) is 13.2 Å². The van der Waals surface area contributed by atoms with E-state index < -0.39 is 10.0 Å². The molecule has 112 valence electrons. The minimum Gasteiger partial charge on any atom is -0.330 e. The Morgan fingerprint density at radius 3 is 2.40 bits per heavy atom. The average molecular weight is 299 g/mol. The summed E-state index contributed by atoms with van der Waals surface area (Å²) >= 11 is 0. The molecule has 1 atom stereocenters. The van der Waals surface area contributed by atoms with Crippen LogP contribution in [0.15, 0.2) is 23.1 Å². The molecule has 5 N–H and O–H groups in total. The second-order valence-corrected chi connectivity index (χ2v) is 6.58. The predicted molar refractivity (Wildman–Crippen MR) is 78.6 cm³/mol. The number of anilines is 1. The summed E-state index contributed by atoms with van der Waals surface area (Å²) in [4.78, 5) is 12.1. The van der Waals surface area contributed by atoms with Crippen LogP contribution in [0.2, 0.25) is 0 Å². The number of rotatable bonds is 5. The van der Waals surface area contributed by atoms with Gasteiger partial charge < -0.3 is 11.1 Å². The van der Waals surface area contributed by atoms with E-state index in [4.69, 9.17) is 10.9 Å². The summed E-state index contributed by atoms with van der Waals surface area (Å²) < 4.78 is 22.9. The first-order chi connectivity index (χ1) is 9.18. The Morgan fingerprint density at radius 2 is 1.95 bits per heavy atom. The molecule has 1 aromatic carbocycles. The van der Waals surface area contributed by atoms with Gasteiger partial charge in [0.2, 0.25) is 15.9 Å². The topological polar surface area (TPSA) is 115 Å². The third-order valence-electron chi connectivity index (χ3n) is 3.24. The molecule has 20 heavy (non-hydrogen) atoms. The SMILES string of the molecule is Cc1c(NC(=O)C(CN)C(C)C)cccc1S(N)(=O)=O. The van der Waals surface area contributed by atoms with E-state index in [-0.39, 0.29) is 29.2 Å². The van der Waals surface area contributed by atoms with Crippen molar-refractivity contribution in [2.75, 3.05) is 11.9 Å². The molecule has 1 aromatic rings. The molecule has 1 rings (SSSR count). The summed E-state index contributed by atoms with van der Waals surface area (Å²) in [6, 6.07) is 4.58. The van der Waals surface area contributed by atoms with Crippen LogP contribution in [-0.2, 0) is 14.8 Å². The lowest BCUT2D eigenvalue weighted by atomic mass is 9.95. The molecule has 7 heteroatoms. The second-order valence-electron chi connectivity index (χ2n) is 5.05. The average Bonchev–Trinajstić information content (AvgIpc) is 2.30. The molecule has 0 bridgehead atoms. The van der Waals surface area contributed by atoms with E-state index in [1.807, 2.05) is 13.8 Å². The van der Waals surface area contributed by atoms with Crippen LogP contribution in [0.5, 0.6) is 0 Å². The van der Waals surface area contributed by atoms with Crippen LogP contribution < -0.4 is 16.2 Å². The maximum atomic E-state index is 12.1. The quantitative estimate of drug-likeness (QED) is 0.746. The van der Waals surface area contributed by atoms with Gasteiger partial charge in [0.25, 0.3) is 0 Å². The Bertz CT molecular complexity index is 597. The lowest BCUT2D eigenvalue weighted by molar-refractivity contribution is -0.120. The van der Waals surface area contributed by atoms with Crippen molar-refractivity contribution in [3.8, 4) is 0 Å². The minimum absolute atomic E-state index is 0.00384. The molecule has 0 spiro atoms. The molecule has 0 aliphatic heterocycles. The molecule has 0 heterocycles. The van der Waals surface area contributed by atoms with E-state index in [0.29, 0.717) is 11.3 Å². The number of carbonyl (C=O) groups is 1. The molecular formula is C13H21N3O3S. The fraction of sp³-hybridized carbons (Fsp3) is 0.462. The molecule has 1 amide bonds. The predicted octanol–water partition coefficient (Wildman–Crippen LogP) is 0.812. The first-order valence-corrected chi connectivity index (χ1v) is 7.86. The van der Waals surface area contributed by atoms with Gasteiger partial charge in [-0.1, -0.05) is 19.9 Å². The molecule has 0 saturated heterocycles. The number of hydrogen-bond donors (Lipinski definition) is 3. The summed E-state index contributed by atoms with van der Waals surface area (Å²) in [6.45, 7) is 5.65. The highest BCUT2D eigenvalue weighted by atomic mass is 32.2. The van der Waals surface area contributed by atoms with Crippen molar-refractivity contribution in [3.05, 3.63) is 23.8 Å². The van der Waals surface area contributed by atoms with Crippen molar-refractivity contribution >= 4 is 21.6 Å². The molecule has 6 nitrogen and oxygen atoms in total. The number of carbonyl (C=O) groups excluding carboxylic acids is 1. The van der Waals surface area contributed by atoms with Crippen LogP contribution in [0.3, 0.4) is 0 Å². The zero-order valence-corrected chi connectivity index (χ0v) is 12.7. The van der Waals surface area contributed by atoms with Crippen molar-refractivity contribution in [2.45, 2.75) is 25.7 Å². The molecule has 0 aliphatic rings. The molecule has 0 saturated carbocycles. The zero-order chi connectivity index (χ0) is 15.5. The summed E-state index contributed by atoms with van der Waals surface area (Å²) in [5.41, 5.74) is 6.44. The fourth-order valence-corrected chi connectivity index (χ4v) is 2.77. The first-order valence-electron chi connectivity index (χ1n) is 6.31. The van der Waals surface area contributed by atoms with E-state index in [1.165, 1.54) is 12.1 Å². The van der Waals surface area contributed by atoms with Gasteiger partial charge in [-0.05, 0) is 30.5 Å². The van der Waals surface area contributed by atoms with Gasteiger partial charge in [0.15, 0.2) is 0 Å². The standard InChI is InChI=1S/C13H21N3O3S/c1-8(2)10(7-14)13(17)16-11-5-4-6-12(9(11)3)20(15,18)19/h4-6,8,10H,7,14H2,1-3H3,(H,16,17)(H2,15,18,19). The molecule has 1 unspecified atom stereocenters. The number of hydrogen-bond acceptors (Lipinski definition) is 4. The Balaban J connectivity index is 3.09. The Morgan fingerprint density at radius 1 is 1.35 bits per heavy atom. The van der Waals surface area contributed by atoms with Gasteiger partial charge in [-0.3, -0.25) is 4.79 Å². The number of amides is 1. The number of nitrogens with two attached hydrogens (primary N) is 2. The number of nitrogens with one attached hydrogen (secondary N) is 1. The van der Waals surface area contributed by atoms with Crippen molar-refractivity contribution in [3.63, 3.8) is 0 Å². The molecule has 0 aromatic heterocycles. The maximum absolute atomic E-state index is 12.1. The third-order valence-corrected chi connectivity index (χ3v) is 4.30. The fourth-order valence-electron chi connectivity index (χ4n) is 1.97. The summed E-state index contributed by atoms with van der Waals surface area (Å²) in [6.07, 6.45) is 0. The van der Waals surface area contributed by atoms with Crippen molar-refractivity contribution < 1.29 is 13.2 Å². The van der Waals surface area contributed by atoms with Crippen LogP contribution in [0.1, 0.15) is 19.4 Å². The second kappa shape index (κ2) is 6.34. The smallest absolute Gasteiger partial charge is 0.238 e. The van der Waals surface area contributed by atoms with Gasteiger partial charge in [-0.2, -0.15) is 0 Å². The van der Waals surface area contributed by atoms with Gasteiger partial charge >= 0.3 is 0 Å². The van der Waals surface area contributed by atoms with Crippen molar-refractivity contribution in [1.29, 1.82) is 0 Å². The van der Waals surface area contributed by atoms with Gasteiger partial charge in [0.1, 0.15) is 0 Å². The van der Waals surface area contributed by atoms with E-state index >= 15 is 0 Å². The normalized spacial score (nSPS) is 13.3. The zero-order valence-electron chi connectivity index (χ0n) is 11.9. The molecular weight excluding hydrogens is 278 g/mol. The van der Waals surface area contributed by atoms with Crippen LogP contribution >= 0.6 is 0 Å². The largest absolute Gasteiger partial charge is 0.330 e. The van der Waals surface area contributed by atoms with Crippen LogP contribution in [-0.4, -0.2) is 20.9 Å². The maximum Gasteiger partial charge on any atom is 0.238 e. The minimum atomic E-state index is -3.81. The highest BCUT2D eigenvalue weighted by Crippen LogP contribution is 2.23. The van der Waals surface area contributed by atoms with Gasteiger partial charge in [-0.15, -0.1) is 0 Å². The first kappa shape index (κ1) is 16.6. The summed E-state index contributed by atoms with van der Waals surface area (Å²) in [7, 11) is -3.81. The van der Waals surface area contributed by atoms with Crippen LogP contribution in [0, 0.1) is 18.8 Å². The lowest BCUT2D eigenvalue weighted by Gasteiger charge is -2.19. The Hall–Kier alpha value is -1.44. The van der Waals surface area contributed by atoms with E-state index in [1.54, 1.807) is 13.0 Å². The van der Waals surface area contributed by atoms with Crippen molar-refractivity contribution in [2.24, 2.45) is 22.7 Å². The van der Waals surface area contributed by atoms with Crippen molar-refractivity contribution in [1.82, 2.24) is 0 Å². The Kier molecular flexibility index (Phi) is 5.27. The highest BCUT2D eigenvalue weighted by Gasteiger charge is 2.22. The number of sulfonamides is 1. The highest BCUT2D eigenvalue weighted by molar-refractivity contribution is 7.89. The number of benzene rings is 1. The van der Waals surface area contributed by atoms with Gasteiger partial charge in [0, 0.05) is 12.2 Å². The Labute approximate surface area is 119 Å². The molecule has 0 aliphatic carbocycles. The molecule has 0 fully saturated rings. The lowest BCUT2D eigenvalue weighted by Crippen LogP contribution is -2.33. The van der Waals surface area contributed by atoms with Crippen LogP contribution in [0.25, 0.3) is 0 Å². The third kappa shape index (κ3) is 3.78. The number of primary sulfonamides is 1. The molecule has 0 radical (unpaired) electrons.